The van der Waals surface area contributed by atoms with E-state index in [4.69, 9.17) is 33.0 Å². The minimum atomic E-state index is -1.11. The van der Waals surface area contributed by atoms with Gasteiger partial charge >= 0.3 is 5.97 Å². The Morgan fingerprint density at radius 2 is 2.03 bits per heavy atom. The van der Waals surface area contributed by atoms with Gasteiger partial charge in [0.2, 0.25) is 5.91 Å². The van der Waals surface area contributed by atoms with Crippen molar-refractivity contribution in [2.24, 2.45) is 0 Å². The maximum Gasteiger partial charge on any atom is 0.338 e. The SMILES string of the molecule is Cc1nn(COc2ccc(Cl)cc2Cl)c(C)c1NC(=O)C(C)n1cc(C(=O)O)cn1. The molecule has 1 aromatic carbocycles. The van der Waals surface area contributed by atoms with Crippen LogP contribution >= 0.6 is 23.2 Å². The van der Waals surface area contributed by atoms with Crippen molar-refractivity contribution in [2.75, 3.05) is 5.32 Å². The van der Waals surface area contributed by atoms with Gasteiger partial charge in [0.15, 0.2) is 6.73 Å². The molecule has 3 aromatic rings. The molecule has 2 N–H and O–H groups in total. The summed E-state index contributed by atoms with van der Waals surface area (Å²) in [6, 6.07) is 4.19. The Kier molecular flexibility index (Phi) is 6.33. The van der Waals surface area contributed by atoms with Crippen LogP contribution in [0.4, 0.5) is 5.69 Å². The van der Waals surface area contributed by atoms with Gasteiger partial charge in [0.1, 0.15) is 11.8 Å². The van der Waals surface area contributed by atoms with Crippen molar-refractivity contribution < 1.29 is 19.4 Å². The number of aryl methyl sites for hydroxylation is 1. The van der Waals surface area contributed by atoms with E-state index in [0.717, 1.165) is 0 Å². The van der Waals surface area contributed by atoms with E-state index in [2.05, 4.69) is 15.5 Å². The van der Waals surface area contributed by atoms with Gasteiger partial charge in [-0.1, -0.05) is 23.2 Å². The summed E-state index contributed by atoms with van der Waals surface area (Å²) in [6.45, 7) is 5.26. The highest BCUT2D eigenvalue weighted by atomic mass is 35.5. The number of aromatic nitrogens is 4. The van der Waals surface area contributed by atoms with Gasteiger partial charge < -0.3 is 15.2 Å². The van der Waals surface area contributed by atoms with Crippen LogP contribution in [0.15, 0.2) is 30.6 Å². The van der Waals surface area contributed by atoms with Gasteiger partial charge in [0, 0.05) is 11.2 Å². The lowest BCUT2D eigenvalue weighted by Crippen LogP contribution is -2.24. The number of rotatable bonds is 7. The van der Waals surface area contributed by atoms with Crippen LogP contribution in [0.5, 0.6) is 5.75 Å². The van der Waals surface area contributed by atoms with Gasteiger partial charge in [-0.15, -0.1) is 0 Å². The number of nitrogens with one attached hydrogen (secondary N) is 1. The number of hydrogen-bond donors (Lipinski definition) is 2. The highest BCUT2D eigenvalue weighted by Crippen LogP contribution is 2.28. The van der Waals surface area contributed by atoms with E-state index < -0.39 is 12.0 Å². The summed E-state index contributed by atoms with van der Waals surface area (Å²) in [5.74, 6) is -1.01. The molecule has 0 spiro atoms. The first-order chi connectivity index (χ1) is 14.2. The number of carboxylic acid groups (broad SMARTS) is 1. The lowest BCUT2D eigenvalue weighted by Gasteiger charge is -2.13. The van der Waals surface area contributed by atoms with Crippen LogP contribution in [-0.4, -0.2) is 36.5 Å². The molecule has 0 radical (unpaired) electrons. The first-order valence-electron chi connectivity index (χ1n) is 8.87. The number of carbonyl (C=O) groups excluding carboxylic acids is 1. The number of hydrogen-bond acceptors (Lipinski definition) is 5. The summed E-state index contributed by atoms with van der Waals surface area (Å²) < 4.78 is 8.59. The fourth-order valence-corrected chi connectivity index (χ4v) is 3.20. The van der Waals surface area contributed by atoms with Crippen LogP contribution < -0.4 is 10.1 Å². The molecule has 1 unspecified atom stereocenters. The molecule has 0 fully saturated rings. The quantitative estimate of drug-likeness (QED) is 0.562. The van der Waals surface area contributed by atoms with Crippen LogP contribution in [-0.2, 0) is 11.5 Å². The fourth-order valence-electron chi connectivity index (χ4n) is 2.73. The number of nitrogens with zero attached hydrogens (tertiary/aromatic N) is 4. The van der Waals surface area contributed by atoms with E-state index in [1.54, 1.807) is 43.7 Å². The first-order valence-corrected chi connectivity index (χ1v) is 9.63. The maximum atomic E-state index is 12.6. The van der Waals surface area contributed by atoms with Gasteiger partial charge in [-0.25, -0.2) is 9.48 Å². The zero-order valence-corrected chi connectivity index (χ0v) is 17.9. The Balaban J connectivity index is 1.71. The molecule has 1 atom stereocenters. The molecular weight excluding hydrogens is 433 g/mol. The van der Waals surface area contributed by atoms with Gasteiger partial charge in [0.05, 0.1) is 33.9 Å². The second kappa shape index (κ2) is 8.76. The van der Waals surface area contributed by atoms with Crippen LogP contribution in [0.25, 0.3) is 0 Å². The molecule has 0 aliphatic carbocycles. The van der Waals surface area contributed by atoms with Crippen molar-refractivity contribution in [2.45, 2.75) is 33.5 Å². The van der Waals surface area contributed by atoms with Crippen molar-refractivity contribution >= 4 is 40.8 Å². The summed E-state index contributed by atoms with van der Waals surface area (Å²) in [5, 5.41) is 21.0. The van der Waals surface area contributed by atoms with Crippen molar-refractivity contribution in [1.82, 2.24) is 19.6 Å². The zero-order chi connectivity index (χ0) is 22.0. The standard InChI is InChI=1S/C19H19Cl2N5O4/c1-10-17(23-18(27)12(3)25-8-13(7-22-25)19(28)29)11(2)26(24-10)9-30-16-5-4-14(20)6-15(16)21/h4-8,12H,9H2,1-3H3,(H,23,27)(H,28,29). The molecule has 1 amide bonds. The lowest BCUT2D eigenvalue weighted by molar-refractivity contribution is -0.119. The van der Waals surface area contributed by atoms with Gasteiger partial charge in [-0.2, -0.15) is 10.2 Å². The molecule has 0 aliphatic heterocycles. The average molecular weight is 452 g/mol. The number of amides is 1. The van der Waals surface area contributed by atoms with Gasteiger partial charge in [-0.3, -0.25) is 9.48 Å². The van der Waals surface area contributed by atoms with Crippen molar-refractivity contribution in [3.63, 3.8) is 0 Å². The monoisotopic (exact) mass is 451 g/mol. The molecule has 0 bridgehead atoms. The number of benzene rings is 1. The topological polar surface area (TPSA) is 111 Å². The molecule has 2 aromatic heterocycles. The minimum absolute atomic E-state index is 0.00726. The molecule has 0 saturated carbocycles. The number of carbonyl (C=O) groups is 2. The Bertz CT molecular complexity index is 1110. The smallest absolute Gasteiger partial charge is 0.338 e. The summed E-state index contributed by atoms with van der Waals surface area (Å²) in [7, 11) is 0. The second-order valence-electron chi connectivity index (χ2n) is 6.57. The van der Waals surface area contributed by atoms with Crippen LogP contribution in [0.2, 0.25) is 10.0 Å². The van der Waals surface area contributed by atoms with E-state index in [1.165, 1.54) is 17.1 Å². The normalized spacial score (nSPS) is 11.9. The van der Waals surface area contributed by atoms with Crippen molar-refractivity contribution in [3.05, 3.63) is 57.6 Å². The second-order valence-corrected chi connectivity index (χ2v) is 7.42. The minimum Gasteiger partial charge on any atom is -0.478 e. The molecule has 9 nitrogen and oxygen atoms in total. The number of ether oxygens (including phenoxy) is 1. The summed E-state index contributed by atoms with van der Waals surface area (Å²) >= 11 is 12.0. The Labute approximate surface area is 182 Å². The molecule has 3 rings (SSSR count). The van der Waals surface area contributed by atoms with Crippen LogP contribution in [0.1, 0.15) is 34.7 Å². The largest absolute Gasteiger partial charge is 0.478 e. The van der Waals surface area contributed by atoms with Crippen molar-refractivity contribution in [3.8, 4) is 5.75 Å². The molecule has 30 heavy (non-hydrogen) atoms. The van der Waals surface area contributed by atoms with Gasteiger partial charge in [0.25, 0.3) is 0 Å². The number of halogens is 2. The van der Waals surface area contributed by atoms with Crippen LogP contribution in [0, 0.1) is 13.8 Å². The molecular formula is C19H19Cl2N5O4. The Hall–Kier alpha value is -3.04. The number of carboxylic acids is 1. The Morgan fingerprint density at radius 3 is 2.67 bits per heavy atom. The van der Waals surface area contributed by atoms with E-state index in [9.17, 15) is 9.59 Å². The average Bonchev–Trinajstić information content (AvgIpc) is 3.28. The fraction of sp³-hybridized carbons (Fsp3) is 0.263. The third-order valence-electron chi connectivity index (χ3n) is 4.49. The molecule has 158 valence electrons. The van der Waals surface area contributed by atoms with Crippen LogP contribution in [0.3, 0.4) is 0 Å². The van der Waals surface area contributed by atoms with E-state index in [1.807, 2.05) is 0 Å². The predicted octanol–water partition coefficient (Wildman–Crippen LogP) is 3.94. The van der Waals surface area contributed by atoms with E-state index >= 15 is 0 Å². The predicted molar refractivity (Wildman–Crippen MR) is 111 cm³/mol. The summed E-state index contributed by atoms with van der Waals surface area (Å²) in [6.07, 6.45) is 2.50. The highest BCUT2D eigenvalue weighted by molar-refractivity contribution is 6.35. The zero-order valence-electron chi connectivity index (χ0n) is 16.4. The number of anilines is 1. The molecule has 0 saturated heterocycles. The van der Waals surface area contributed by atoms with E-state index in [-0.39, 0.29) is 18.2 Å². The summed E-state index contributed by atoms with van der Waals surface area (Å²) in [4.78, 5) is 23.6. The van der Waals surface area contributed by atoms with E-state index in [0.29, 0.717) is 32.9 Å². The van der Waals surface area contributed by atoms with Crippen molar-refractivity contribution in [1.29, 1.82) is 0 Å². The van der Waals surface area contributed by atoms with Gasteiger partial charge in [-0.05, 0) is 39.0 Å². The molecule has 2 heterocycles. The maximum absolute atomic E-state index is 12.6. The third kappa shape index (κ3) is 4.58. The third-order valence-corrected chi connectivity index (χ3v) is 5.02. The molecule has 0 aliphatic rings. The molecule has 11 heteroatoms. The number of aromatic carboxylic acids is 1. The summed E-state index contributed by atoms with van der Waals surface area (Å²) in [5.41, 5.74) is 1.84. The first kappa shape index (κ1) is 21.7. The highest BCUT2D eigenvalue weighted by Gasteiger charge is 2.21. The lowest BCUT2D eigenvalue weighted by atomic mass is 10.2. The Morgan fingerprint density at radius 1 is 1.30 bits per heavy atom.